The summed E-state index contributed by atoms with van der Waals surface area (Å²) in [6, 6.07) is 6.16. The molecular formula is C40H46F2N6O8. The number of hydrogen-bond acceptors (Lipinski definition) is 12. The Bertz CT molecular complexity index is 2240. The number of anilines is 1. The average molecular weight is 777 g/mol. The zero-order valence-corrected chi connectivity index (χ0v) is 32.7. The number of rotatable bonds is 6. The molecule has 2 aliphatic heterocycles. The quantitative estimate of drug-likeness (QED) is 0.157. The van der Waals surface area contributed by atoms with Crippen molar-refractivity contribution >= 4 is 34.9 Å². The molecule has 0 N–H and O–H groups in total. The summed E-state index contributed by atoms with van der Waals surface area (Å²) in [5.74, 6) is -3.50. The highest BCUT2D eigenvalue weighted by Crippen LogP contribution is 2.40. The molecule has 1 fully saturated rings. The number of aromatic nitrogens is 4. The fraction of sp³-hybridized carbons (Fsp3) is 0.475. The maximum Gasteiger partial charge on any atom is 0.410 e. The zero-order valence-electron chi connectivity index (χ0n) is 32.7. The van der Waals surface area contributed by atoms with Gasteiger partial charge in [0.05, 0.1) is 22.3 Å². The van der Waals surface area contributed by atoms with Crippen LogP contribution in [-0.4, -0.2) is 86.4 Å². The van der Waals surface area contributed by atoms with E-state index in [1.807, 2.05) is 20.8 Å². The molecule has 3 atom stereocenters. The van der Waals surface area contributed by atoms with E-state index in [0.717, 1.165) is 16.7 Å². The SMILES string of the molecule is CCC(=O)OC1COc2cccc(F)c2-c2nc3c(cc2F)c(N2CCN(C(=O)OC(C)(C)C)C[C@@H]2C)nc(=O)n3-c2c(ccnc2C(C)C)C1OC(=O)CC. The number of carbonyl (C=O) groups is 3. The first-order chi connectivity index (χ1) is 26.5. The van der Waals surface area contributed by atoms with Crippen molar-refractivity contribution in [1.82, 2.24) is 24.4 Å². The molecule has 2 unspecified atom stereocenters. The van der Waals surface area contributed by atoms with Crippen LogP contribution in [0.1, 0.15) is 91.5 Å². The highest BCUT2D eigenvalue weighted by Gasteiger charge is 2.38. The van der Waals surface area contributed by atoms with Gasteiger partial charge in [0.15, 0.2) is 23.7 Å². The van der Waals surface area contributed by atoms with Crippen LogP contribution >= 0.6 is 0 Å². The minimum Gasteiger partial charge on any atom is -0.489 e. The summed E-state index contributed by atoms with van der Waals surface area (Å²) in [5.41, 5.74) is -1.77. The average Bonchev–Trinajstić information content (AvgIpc) is 3.14. The molecule has 0 saturated carbocycles. The number of hydrogen-bond donors (Lipinski definition) is 0. The Morgan fingerprint density at radius 3 is 2.38 bits per heavy atom. The van der Waals surface area contributed by atoms with E-state index in [2.05, 4.69) is 9.97 Å². The van der Waals surface area contributed by atoms with Gasteiger partial charge in [0.25, 0.3) is 0 Å². The molecule has 1 amide bonds. The van der Waals surface area contributed by atoms with E-state index in [4.69, 9.17) is 23.9 Å². The third-order valence-corrected chi connectivity index (χ3v) is 9.48. The van der Waals surface area contributed by atoms with Gasteiger partial charge in [0.2, 0.25) is 0 Å². The number of carbonyl (C=O) groups excluding carboxylic acids is 3. The van der Waals surface area contributed by atoms with E-state index >= 15 is 8.78 Å². The van der Waals surface area contributed by atoms with Gasteiger partial charge >= 0.3 is 23.7 Å². The van der Waals surface area contributed by atoms with E-state index < -0.39 is 71.5 Å². The third-order valence-electron chi connectivity index (χ3n) is 9.48. The van der Waals surface area contributed by atoms with Gasteiger partial charge in [0, 0.05) is 50.3 Å². The van der Waals surface area contributed by atoms with Crippen molar-refractivity contribution in [2.45, 2.75) is 98.0 Å². The molecule has 2 bridgehead atoms. The molecule has 1 aromatic carbocycles. The van der Waals surface area contributed by atoms with Crippen molar-refractivity contribution in [3.05, 3.63) is 69.9 Å². The molecule has 56 heavy (non-hydrogen) atoms. The van der Waals surface area contributed by atoms with Crippen LogP contribution < -0.4 is 15.3 Å². The molecule has 0 spiro atoms. The Morgan fingerprint density at radius 1 is 1.00 bits per heavy atom. The van der Waals surface area contributed by atoms with E-state index in [1.165, 1.54) is 24.4 Å². The number of halogens is 2. The van der Waals surface area contributed by atoms with Crippen LogP contribution in [0.5, 0.6) is 5.75 Å². The molecule has 1 saturated heterocycles. The van der Waals surface area contributed by atoms with Crippen LogP contribution in [0.2, 0.25) is 0 Å². The highest BCUT2D eigenvalue weighted by molar-refractivity contribution is 5.91. The van der Waals surface area contributed by atoms with Gasteiger partial charge in [-0.05, 0) is 57.9 Å². The lowest BCUT2D eigenvalue weighted by atomic mass is 9.97. The van der Waals surface area contributed by atoms with Crippen molar-refractivity contribution in [2.24, 2.45) is 0 Å². The largest absolute Gasteiger partial charge is 0.489 e. The van der Waals surface area contributed by atoms with Crippen molar-refractivity contribution in [2.75, 3.05) is 31.1 Å². The number of pyridine rings is 2. The molecule has 0 radical (unpaired) electrons. The summed E-state index contributed by atoms with van der Waals surface area (Å²) in [4.78, 5) is 70.9. The van der Waals surface area contributed by atoms with Gasteiger partial charge in [-0.3, -0.25) is 14.6 Å². The van der Waals surface area contributed by atoms with Crippen LogP contribution in [0.4, 0.5) is 19.4 Å². The van der Waals surface area contributed by atoms with Gasteiger partial charge in [-0.15, -0.1) is 0 Å². The highest BCUT2D eigenvalue weighted by atomic mass is 19.1. The first kappa shape index (κ1) is 40.0. The van der Waals surface area contributed by atoms with Crippen molar-refractivity contribution in [3.8, 4) is 22.7 Å². The summed E-state index contributed by atoms with van der Waals surface area (Å²) in [6.45, 7) is 14.2. The first-order valence-electron chi connectivity index (χ1n) is 18.7. The lowest BCUT2D eigenvalue weighted by molar-refractivity contribution is -0.171. The van der Waals surface area contributed by atoms with E-state index in [0.29, 0.717) is 5.69 Å². The summed E-state index contributed by atoms with van der Waals surface area (Å²) < 4.78 is 57.3. The smallest absolute Gasteiger partial charge is 0.410 e. The maximum absolute atomic E-state index is 16.6. The second-order valence-corrected chi connectivity index (χ2v) is 15.1. The Kier molecular flexibility index (Phi) is 11.3. The molecule has 6 rings (SSSR count). The summed E-state index contributed by atoms with van der Waals surface area (Å²) >= 11 is 0. The van der Waals surface area contributed by atoms with Crippen LogP contribution in [0.25, 0.3) is 28.0 Å². The first-order valence-corrected chi connectivity index (χ1v) is 18.7. The minimum atomic E-state index is -1.37. The monoisotopic (exact) mass is 776 g/mol. The Labute approximate surface area is 322 Å². The number of piperazine rings is 1. The molecule has 16 heteroatoms. The Morgan fingerprint density at radius 2 is 1.71 bits per heavy atom. The Hall–Kier alpha value is -5.67. The second-order valence-electron chi connectivity index (χ2n) is 15.1. The van der Waals surface area contributed by atoms with E-state index in [1.54, 1.807) is 44.4 Å². The standard InChI is InChI=1S/C40H46F2N6O8/c1-9-29(49)54-28-20-53-27-13-11-12-25(41)31(27)33-26(42)18-24-36(47-17-16-46(19-22(47)5)39(52)56-40(6,7)8)45-38(51)48(37(24)44-33)34-23(35(28)55-30(50)10-2)14-15-43-32(34)21(3)4/h11-15,18,21-22,28,35H,9-10,16-17,19-20H2,1-8H3/t22-,28?,35?/m0/s1. The molecule has 5 heterocycles. The van der Waals surface area contributed by atoms with Gasteiger partial charge in [-0.1, -0.05) is 33.8 Å². The van der Waals surface area contributed by atoms with Crippen LogP contribution in [0.3, 0.4) is 0 Å². The normalized spacial score (nSPS) is 18.4. The van der Waals surface area contributed by atoms with Crippen molar-refractivity contribution in [3.63, 3.8) is 0 Å². The molecular weight excluding hydrogens is 730 g/mol. The lowest BCUT2D eigenvalue weighted by Gasteiger charge is -2.41. The predicted molar refractivity (Wildman–Crippen MR) is 202 cm³/mol. The number of benzene rings is 1. The number of fused-ring (bicyclic) bond motifs is 5. The minimum absolute atomic E-state index is 0.0355. The van der Waals surface area contributed by atoms with Crippen molar-refractivity contribution in [1.29, 1.82) is 0 Å². The summed E-state index contributed by atoms with van der Waals surface area (Å²) in [6.07, 6.45) is -1.79. The molecule has 14 nitrogen and oxygen atoms in total. The number of amides is 1. The van der Waals surface area contributed by atoms with Gasteiger partial charge in [0.1, 0.15) is 35.3 Å². The third kappa shape index (κ3) is 7.86. The number of ether oxygens (including phenoxy) is 4. The van der Waals surface area contributed by atoms with E-state index in [9.17, 15) is 19.2 Å². The van der Waals surface area contributed by atoms with Gasteiger partial charge in [-0.2, -0.15) is 4.98 Å². The molecule has 3 aromatic heterocycles. The van der Waals surface area contributed by atoms with E-state index in [-0.39, 0.29) is 77.8 Å². The fourth-order valence-corrected chi connectivity index (χ4v) is 6.87. The summed E-state index contributed by atoms with van der Waals surface area (Å²) in [5, 5.41) is 0.0971. The van der Waals surface area contributed by atoms with Crippen LogP contribution in [0, 0.1) is 11.6 Å². The molecule has 298 valence electrons. The Balaban J connectivity index is 1.68. The van der Waals surface area contributed by atoms with Gasteiger partial charge in [-0.25, -0.2) is 27.9 Å². The topological polar surface area (TPSA) is 155 Å². The fourth-order valence-electron chi connectivity index (χ4n) is 6.87. The molecule has 4 aromatic rings. The van der Waals surface area contributed by atoms with Gasteiger partial charge < -0.3 is 28.7 Å². The van der Waals surface area contributed by atoms with Crippen LogP contribution in [-0.2, 0) is 23.8 Å². The molecule has 2 aliphatic rings. The maximum atomic E-state index is 16.6. The molecule has 0 aliphatic carbocycles. The number of nitrogens with zero attached hydrogens (tertiary/aromatic N) is 6. The van der Waals surface area contributed by atoms with Crippen molar-refractivity contribution < 1.29 is 42.1 Å². The second kappa shape index (κ2) is 15.8. The zero-order chi connectivity index (χ0) is 40.6. The van der Waals surface area contributed by atoms with Crippen LogP contribution in [0.15, 0.2) is 41.3 Å². The number of esters is 2. The predicted octanol–water partition coefficient (Wildman–Crippen LogP) is 6.40. The summed E-state index contributed by atoms with van der Waals surface area (Å²) in [7, 11) is 0. The lowest BCUT2D eigenvalue weighted by Crippen LogP contribution is -2.55.